The number of nitrogens with zero attached hydrogens (tertiary/aromatic N) is 2. The van der Waals surface area contributed by atoms with Crippen LogP contribution in [0.3, 0.4) is 0 Å². The van der Waals surface area contributed by atoms with E-state index in [0.717, 1.165) is 11.5 Å². The van der Waals surface area contributed by atoms with Gasteiger partial charge in [0, 0.05) is 18.1 Å². The van der Waals surface area contributed by atoms with Gasteiger partial charge in [-0.05, 0) is 25.5 Å². The first kappa shape index (κ1) is 9.93. The second-order valence-electron chi connectivity index (χ2n) is 3.71. The highest BCUT2D eigenvalue weighted by Crippen LogP contribution is 2.16. The molecule has 1 heterocycles. The summed E-state index contributed by atoms with van der Waals surface area (Å²) >= 11 is 0. The van der Waals surface area contributed by atoms with E-state index in [4.69, 9.17) is 5.73 Å². The Bertz CT molecular complexity index is 471. The fourth-order valence-corrected chi connectivity index (χ4v) is 1.78. The summed E-state index contributed by atoms with van der Waals surface area (Å²) in [6.07, 6.45) is 3.72. The maximum Gasteiger partial charge on any atom is 0.126 e. The molecule has 0 radical (unpaired) electrons. The van der Waals surface area contributed by atoms with Crippen molar-refractivity contribution in [1.29, 1.82) is 0 Å². The lowest BCUT2D eigenvalue weighted by atomic mass is 10.1. The van der Waals surface area contributed by atoms with Crippen LogP contribution in [0.2, 0.25) is 0 Å². The van der Waals surface area contributed by atoms with Crippen LogP contribution < -0.4 is 5.73 Å². The second-order valence-corrected chi connectivity index (χ2v) is 3.71. The quantitative estimate of drug-likeness (QED) is 0.807. The molecule has 1 aromatic carbocycles. The molecule has 0 fully saturated rings. The summed E-state index contributed by atoms with van der Waals surface area (Å²) in [5.41, 5.74) is 9.29. The molecule has 0 bridgehead atoms. The third-order valence-electron chi connectivity index (χ3n) is 2.51. The Morgan fingerprint density at radius 1 is 1.33 bits per heavy atom. The topological polar surface area (TPSA) is 43.8 Å². The number of rotatable bonds is 2. The van der Waals surface area contributed by atoms with Gasteiger partial charge in [-0.25, -0.2) is 4.98 Å². The number of hydrogen-bond donors (Lipinski definition) is 1. The van der Waals surface area contributed by atoms with Crippen molar-refractivity contribution in [2.45, 2.75) is 20.4 Å². The molecule has 2 rings (SSSR count). The molecule has 3 heteroatoms. The summed E-state index contributed by atoms with van der Waals surface area (Å²) in [4.78, 5) is 4.21. The molecule has 0 atom stereocenters. The number of aromatic nitrogens is 2. The first-order valence-corrected chi connectivity index (χ1v) is 5.02. The van der Waals surface area contributed by atoms with E-state index >= 15 is 0 Å². The van der Waals surface area contributed by atoms with Gasteiger partial charge in [-0.3, -0.25) is 0 Å². The van der Waals surface area contributed by atoms with Crippen molar-refractivity contribution >= 4 is 0 Å². The Labute approximate surface area is 89.6 Å². The van der Waals surface area contributed by atoms with E-state index in [9.17, 15) is 0 Å². The fraction of sp³-hybridized carbons (Fsp3) is 0.250. The minimum atomic E-state index is 0.459. The Balaban J connectivity index is 2.54. The normalized spacial score (nSPS) is 10.6. The van der Waals surface area contributed by atoms with Crippen LogP contribution in [0.1, 0.15) is 17.0 Å². The third kappa shape index (κ3) is 1.78. The predicted molar refractivity (Wildman–Crippen MR) is 60.9 cm³/mol. The number of nitrogens with two attached hydrogens (primary N) is 1. The van der Waals surface area contributed by atoms with E-state index in [0.29, 0.717) is 6.54 Å². The molecule has 0 amide bonds. The first-order valence-electron chi connectivity index (χ1n) is 5.02. The van der Waals surface area contributed by atoms with Gasteiger partial charge in [0.2, 0.25) is 0 Å². The van der Waals surface area contributed by atoms with Gasteiger partial charge >= 0.3 is 0 Å². The summed E-state index contributed by atoms with van der Waals surface area (Å²) in [7, 11) is 0. The molecule has 0 saturated carbocycles. The zero-order valence-electron chi connectivity index (χ0n) is 9.07. The highest BCUT2D eigenvalue weighted by Gasteiger charge is 2.05. The van der Waals surface area contributed by atoms with Crippen molar-refractivity contribution in [3.05, 3.63) is 47.5 Å². The van der Waals surface area contributed by atoms with Crippen LogP contribution in [-0.2, 0) is 6.54 Å². The predicted octanol–water partition coefficient (Wildman–Crippen LogP) is 1.95. The molecule has 0 aliphatic carbocycles. The van der Waals surface area contributed by atoms with Gasteiger partial charge in [-0.1, -0.05) is 17.7 Å². The van der Waals surface area contributed by atoms with Crippen LogP contribution in [0.15, 0.2) is 30.6 Å². The van der Waals surface area contributed by atoms with Crippen molar-refractivity contribution in [3.63, 3.8) is 0 Å². The third-order valence-corrected chi connectivity index (χ3v) is 2.51. The van der Waals surface area contributed by atoms with Crippen molar-refractivity contribution in [2.24, 2.45) is 5.73 Å². The molecule has 0 spiro atoms. The molecule has 78 valence electrons. The molecule has 3 nitrogen and oxygen atoms in total. The minimum absolute atomic E-state index is 0.459. The van der Waals surface area contributed by atoms with Crippen LogP contribution in [0, 0.1) is 13.8 Å². The lowest BCUT2D eigenvalue weighted by molar-refractivity contribution is 0.863. The summed E-state index contributed by atoms with van der Waals surface area (Å²) in [5, 5.41) is 0. The average molecular weight is 201 g/mol. The van der Waals surface area contributed by atoms with E-state index in [1.54, 1.807) is 6.20 Å². The van der Waals surface area contributed by atoms with Crippen molar-refractivity contribution in [2.75, 3.05) is 0 Å². The highest BCUT2D eigenvalue weighted by molar-refractivity contribution is 5.43. The maximum absolute atomic E-state index is 5.63. The molecule has 0 aliphatic heterocycles. The van der Waals surface area contributed by atoms with E-state index in [2.05, 4.69) is 37.0 Å². The Morgan fingerprint density at radius 3 is 2.80 bits per heavy atom. The highest BCUT2D eigenvalue weighted by atomic mass is 15.1. The zero-order valence-corrected chi connectivity index (χ0v) is 9.07. The van der Waals surface area contributed by atoms with Crippen LogP contribution in [-0.4, -0.2) is 9.55 Å². The summed E-state index contributed by atoms with van der Waals surface area (Å²) in [5.74, 6) is 0.891. The van der Waals surface area contributed by atoms with Crippen molar-refractivity contribution < 1.29 is 0 Å². The van der Waals surface area contributed by atoms with Gasteiger partial charge in [0.1, 0.15) is 5.82 Å². The monoisotopic (exact) mass is 201 g/mol. The SMILES string of the molecule is Cc1ccc(-n2ccnc2CN)c(C)c1. The summed E-state index contributed by atoms with van der Waals surface area (Å²) < 4.78 is 2.04. The maximum atomic E-state index is 5.63. The number of benzene rings is 1. The van der Waals surface area contributed by atoms with Crippen LogP contribution in [0.4, 0.5) is 0 Å². The standard InChI is InChI=1S/C12H15N3/c1-9-3-4-11(10(2)7-9)15-6-5-14-12(15)8-13/h3-7H,8,13H2,1-2H3. The van der Waals surface area contributed by atoms with Crippen molar-refractivity contribution in [1.82, 2.24) is 9.55 Å². The van der Waals surface area contributed by atoms with Gasteiger partial charge < -0.3 is 10.3 Å². The molecule has 0 aliphatic rings. The Hall–Kier alpha value is -1.61. The number of imidazole rings is 1. The van der Waals surface area contributed by atoms with E-state index in [1.165, 1.54) is 11.1 Å². The van der Waals surface area contributed by atoms with Crippen molar-refractivity contribution in [3.8, 4) is 5.69 Å². The van der Waals surface area contributed by atoms with E-state index in [1.807, 2.05) is 10.8 Å². The average Bonchev–Trinajstić information content (AvgIpc) is 2.65. The minimum Gasteiger partial charge on any atom is -0.324 e. The molecule has 2 N–H and O–H groups in total. The Morgan fingerprint density at radius 2 is 2.13 bits per heavy atom. The molecule has 15 heavy (non-hydrogen) atoms. The largest absolute Gasteiger partial charge is 0.324 e. The molecule has 1 aromatic heterocycles. The van der Waals surface area contributed by atoms with E-state index in [-0.39, 0.29) is 0 Å². The van der Waals surface area contributed by atoms with Gasteiger partial charge in [-0.15, -0.1) is 0 Å². The van der Waals surface area contributed by atoms with Crippen LogP contribution in [0.5, 0.6) is 0 Å². The molecular formula is C12H15N3. The lowest BCUT2D eigenvalue weighted by Gasteiger charge is -2.10. The summed E-state index contributed by atoms with van der Waals surface area (Å²) in [6.45, 7) is 4.65. The number of aryl methyl sites for hydroxylation is 2. The van der Waals surface area contributed by atoms with Gasteiger partial charge in [-0.2, -0.15) is 0 Å². The smallest absolute Gasteiger partial charge is 0.126 e. The molecule has 0 saturated heterocycles. The summed E-state index contributed by atoms with van der Waals surface area (Å²) in [6, 6.07) is 6.36. The van der Waals surface area contributed by atoms with Crippen LogP contribution >= 0.6 is 0 Å². The lowest BCUT2D eigenvalue weighted by Crippen LogP contribution is -2.07. The fourth-order valence-electron chi connectivity index (χ4n) is 1.78. The second kappa shape index (κ2) is 3.87. The van der Waals surface area contributed by atoms with Crippen LogP contribution in [0.25, 0.3) is 5.69 Å². The van der Waals surface area contributed by atoms with Gasteiger partial charge in [0.25, 0.3) is 0 Å². The van der Waals surface area contributed by atoms with Gasteiger partial charge in [0.05, 0.1) is 6.54 Å². The molecular weight excluding hydrogens is 186 g/mol. The zero-order chi connectivity index (χ0) is 10.8. The Kier molecular flexibility index (Phi) is 2.56. The first-order chi connectivity index (χ1) is 7.22. The molecule has 2 aromatic rings. The number of hydrogen-bond acceptors (Lipinski definition) is 2. The van der Waals surface area contributed by atoms with Gasteiger partial charge in [0.15, 0.2) is 0 Å². The molecule has 0 unspecified atom stereocenters. The van der Waals surface area contributed by atoms with E-state index < -0.39 is 0 Å².